The van der Waals surface area contributed by atoms with Crippen LogP contribution in [0.5, 0.6) is 0 Å². The van der Waals surface area contributed by atoms with E-state index in [4.69, 9.17) is 0 Å². The third-order valence-electron chi connectivity index (χ3n) is 3.45. The van der Waals surface area contributed by atoms with Crippen molar-refractivity contribution >= 4 is 23.2 Å². The van der Waals surface area contributed by atoms with E-state index in [0.717, 1.165) is 16.9 Å². The van der Waals surface area contributed by atoms with Crippen LogP contribution < -0.4 is 10.9 Å². The second-order valence-electron chi connectivity index (χ2n) is 5.75. The Balaban J connectivity index is 2.01. The second-order valence-corrected chi connectivity index (χ2v) is 6.75. The van der Waals surface area contributed by atoms with Crippen molar-refractivity contribution in [3.05, 3.63) is 40.9 Å². The van der Waals surface area contributed by atoms with Crippen molar-refractivity contribution in [1.29, 1.82) is 0 Å². The summed E-state index contributed by atoms with van der Waals surface area (Å²) in [5.41, 5.74) is 1.94. The lowest BCUT2D eigenvalue weighted by Gasteiger charge is -2.25. The standard InChI is InChI=1S/C16H16F3N3O3S/c1-9-12(26-14(20-9)10-6-4-3-5-7-10)13(24)22-21-11(23)8-15(2,25)16(17,18)19/h3-7,25H,8H2,1-2H3,(H,21,23)(H,22,24)/t15-/m0/s1. The van der Waals surface area contributed by atoms with Gasteiger partial charge in [-0.05, 0) is 13.8 Å². The minimum absolute atomic E-state index is 0.215. The average molecular weight is 387 g/mol. The first-order chi connectivity index (χ1) is 12.0. The van der Waals surface area contributed by atoms with E-state index in [-0.39, 0.29) is 4.88 Å². The van der Waals surface area contributed by atoms with Gasteiger partial charge in [0.05, 0.1) is 12.1 Å². The highest BCUT2D eigenvalue weighted by atomic mass is 32.1. The Morgan fingerprint density at radius 2 is 1.81 bits per heavy atom. The van der Waals surface area contributed by atoms with Crippen LogP contribution in [0.2, 0.25) is 0 Å². The van der Waals surface area contributed by atoms with E-state index in [9.17, 15) is 27.9 Å². The normalized spacial score (nSPS) is 13.8. The number of aromatic nitrogens is 1. The van der Waals surface area contributed by atoms with Gasteiger partial charge in [0.2, 0.25) is 5.91 Å². The molecule has 26 heavy (non-hydrogen) atoms. The topological polar surface area (TPSA) is 91.3 Å². The molecule has 6 nitrogen and oxygen atoms in total. The number of aryl methyl sites for hydroxylation is 1. The lowest BCUT2D eigenvalue weighted by atomic mass is 10.0. The number of hydrogen-bond acceptors (Lipinski definition) is 5. The molecule has 0 unspecified atom stereocenters. The number of carbonyl (C=O) groups excluding carboxylic acids is 2. The quantitative estimate of drug-likeness (QED) is 0.704. The van der Waals surface area contributed by atoms with E-state index >= 15 is 0 Å². The number of aliphatic hydroxyl groups is 1. The molecule has 1 atom stereocenters. The zero-order valence-corrected chi connectivity index (χ0v) is 14.7. The molecule has 0 aliphatic carbocycles. The SMILES string of the molecule is Cc1nc(-c2ccccc2)sc1C(=O)NNC(=O)C[C@](C)(O)C(F)(F)F. The van der Waals surface area contributed by atoms with Crippen molar-refractivity contribution in [2.24, 2.45) is 0 Å². The maximum absolute atomic E-state index is 12.6. The fraction of sp³-hybridized carbons (Fsp3) is 0.312. The summed E-state index contributed by atoms with van der Waals surface area (Å²) in [6.07, 6.45) is -6.21. The molecule has 0 bridgehead atoms. The van der Waals surface area contributed by atoms with Crippen molar-refractivity contribution in [3.8, 4) is 10.6 Å². The van der Waals surface area contributed by atoms with E-state index in [1.165, 1.54) is 0 Å². The number of benzene rings is 1. The molecule has 2 aromatic rings. The molecular formula is C16H16F3N3O3S. The Kier molecular flexibility index (Phi) is 5.67. The van der Waals surface area contributed by atoms with Gasteiger partial charge in [-0.2, -0.15) is 13.2 Å². The van der Waals surface area contributed by atoms with Crippen LogP contribution in [0.1, 0.15) is 28.7 Å². The van der Waals surface area contributed by atoms with Gasteiger partial charge in [-0.3, -0.25) is 20.4 Å². The summed E-state index contributed by atoms with van der Waals surface area (Å²) in [4.78, 5) is 28.2. The average Bonchev–Trinajstić information content (AvgIpc) is 2.94. The molecular weight excluding hydrogens is 371 g/mol. The molecule has 10 heteroatoms. The molecule has 0 saturated heterocycles. The molecule has 1 heterocycles. The smallest absolute Gasteiger partial charge is 0.380 e. The number of hydrogen-bond donors (Lipinski definition) is 3. The molecule has 1 aromatic carbocycles. The summed E-state index contributed by atoms with van der Waals surface area (Å²) < 4.78 is 37.7. The molecule has 0 saturated carbocycles. The monoisotopic (exact) mass is 387 g/mol. The fourth-order valence-corrected chi connectivity index (χ4v) is 2.92. The number of amides is 2. The second kappa shape index (κ2) is 7.42. The zero-order valence-electron chi connectivity index (χ0n) is 13.8. The summed E-state index contributed by atoms with van der Waals surface area (Å²) in [6, 6.07) is 9.11. The number of rotatable bonds is 4. The van der Waals surface area contributed by atoms with Crippen LogP contribution in [-0.2, 0) is 4.79 Å². The number of hydrazine groups is 1. The van der Waals surface area contributed by atoms with E-state index in [1.54, 1.807) is 6.92 Å². The van der Waals surface area contributed by atoms with Crippen molar-refractivity contribution in [3.63, 3.8) is 0 Å². The number of halogens is 3. The van der Waals surface area contributed by atoms with Crippen LogP contribution >= 0.6 is 11.3 Å². The zero-order chi connectivity index (χ0) is 19.5. The van der Waals surface area contributed by atoms with Crippen LogP contribution in [0, 0.1) is 6.92 Å². The lowest BCUT2D eigenvalue weighted by Crippen LogP contribution is -2.49. The van der Waals surface area contributed by atoms with Gasteiger partial charge >= 0.3 is 6.18 Å². The van der Waals surface area contributed by atoms with E-state index in [0.29, 0.717) is 17.6 Å². The molecule has 0 spiro atoms. The first kappa shape index (κ1) is 19.9. The van der Waals surface area contributed by atoms with Crippen LogP contribution in [0.25, 0.3) is 10.6 Å². The van der Waals surface area contributed by atoms with Crippen molar-refractivity contribution < 1.29 is 27.9 Å². The minimum Gasteiger partial charge on any atom is -0.380 e. The van der Waals surface area contributed by atoms with Gasteiger partial charge in [0.15, 0.2) is 5.60 Å². The fourth-order valence-electron chi connectivity index (χ4n) is 1.95. The highest BCUT2D eigenvalue weighted by Gasteiger charge is 2.51. The summed E-state index contributed by atoms with van der Waals surface area (Å²) in [6.45, 7) is 2.09. The number of carbonyl (C=O) groups is 2. The molecule has 0 aliphatic rings. The van der Waals surface area contributed by atoms with Gasteiger partial charge in [-0.25, -0.2) is 4.98 Å². The Hall–Kier alpha value is -2.46. The maximum Gasteiger partial charge on any atom is 0.417 e. The largest absolute Gasteiger partial charge is 0.417 e. The Bertz CT molecular complexity index is 804. The van der Waals surface area contributed by atoms with Gasteiger partial charge in [0.1, 0.15) is 9.88 Å². The molecule has 0 radical (unpaired) electrons. The highest BCUT2D eigenvalue weighted by molar-refractivity contribution is 7.17. The van der Waals surface area contributed by atoms with Gasteiger partial charge in [0, 0.05) is 5.56 Å². The van der Waals surface area contributed by atoms with Gasteiger partial charge < -0.3 is 5.11 Å². The molecule has 0 aliphatic heterocycles. The molecule has 140 valence electrons. The van der Waals surface area contributed by atoms with Crippen molar-refractivity contribution in [2.75, 3.05) is 0 Å². The summed E-state index contributed by atoms with van der Waals surface area (Å²) >= 11 is 1.09. The van der Waals surface area contributed by atoms with Crippen LogP contribution in [0.4, 0.5) is 13.2 Å². The number of nitrogens with one attached hydrogen (secondary N) is 2. The van der Waals surface area contributed by atoms with E-state index in [2.05, 4.69) is 4.98 Å². The van der Waals surface area contributed by atoms with Crippen molar-refractivity contribution in [1.82, 2.24) is 15.8 Å². The summed E-state index contributed by atoms with van der Waals surface area (Å²) in [5.74, 6) is -1.88. The predicted molar refractivity (Wildman–Crippen MR) is 89.2 cm³/mol. The Labute approximate surface area is 151 Å². The third-order valence-corrected chi connectivity index (χ3v) is 4.66. The first-order valence-corrected chi connectivity index (χ1v) is 8.24. The number of alkyl halides is 3. The van der Waals surface area contributed by atoms with E-state index in [1.807, 2.05) is 41.2 Å². The van der Waals surface area contributed by atoms with E-state index < -0.39 is 30.0 Å². The Morgan fingerprint density at radius 3 is 2.38 bits per heavy atom. The lowest BCUT2D eigenvalue weighted by molar-refractivity contribution is -0.253. The van der Waals surface area contributed by atoms with Crippen LogP contribution in [0.15, 0.2) is 30.3 Å². The maximum atomic E-state index is 12.6. The highest BCUT2D eigenvalue weighted by Crippen LogP contribution is 2.32. The first-order valence-electron chi connectivity index (χ1n) is 7.42. The minimum atomic E-state index is -4.97. The van der Waals surface area contributed by atoms with Crippen molar-refractivity contribution in [2.45, 2.75) is 32.0 Å². The molecule has 3 N–H and O–H groups in total. The Morgan fingerprint density at radius 1 is 1.19 bits per heavy atom. The number of nitrogens with zero attached hydrogens (tertiary/aromatic N) is 1. The van der Waals surface area contributed by atoms with Crippen LogP contribution in [0.3, 0.4) is 0 Å². The molecule has 0 fully saturated rings. The van der Waals surface area contributed by atoms with Gasteiger partial charge in [0.25, 0.3) is 5.91 Å². The molecule has 1 aromatic heterocycles. The summed E-state index contributed by atoms with van der Waals surface area (Å²) in [5, 5.41) is 9.87. The van der Waals surface area contributed by atoms with Gasteiger partial charge in [-0.15, -0.1) is 11.3 Å². The van der Waals surface area contributed by atoms with Gasteiger partial charge in [-0.1, -0.05) is 30.3 Å². The summed E-state index contributed by atoms with van der Waals surface area (Å²) in [7, 11) is 0. The van der Waals surface area contributed by atoms with Crippen LogP contribution in [-0.4, -0.2) is 33.7 Å². The molecule has 2 amide bonds. The predicted octanol–water partition coefficient (Wildman–Crippen LogP) is 2.58. The number of thiazole rings is 1. The third kappa shape index (κ3) is 4.58. The molecule has 2 rings (SSSR count).